The van der Waals surface area contributed by atoms with Crippen LogP contribution in [0.5, 0.6) is 0 Å². The Morgan fingerprint density at radius 2 is 1.80 bits per heavy atom. The summed E-state index contributed by atoms with van der Waals surface area (Å²) in [6.07, 6.45) is 15.8. The Morgan fingerprint density at radius 1 is 1.11 bits per heavy atom. The maximum Gasteiger partial charge on any atom is 0.305 e. The van der Waals surface area contributed by atoms with Crippen LogP contribution in [0.15, 0.2) is 34.8 Å². The Balaban J connectivity index is 1.96. The van der Waals surface area contributed by atoms with Crippen LogP contribution < -0.4 is 0 Å². The number of Topliss-reactive ketones (excluding diaryl/α,β-unsaturated/α-hetero) is 1. The average Bonchev–Trinajstić information content (AvgIpc) is 3.50. The molecule has 0 radical (unpaired) electrons. The fourth-order valence-corrected chi connectivity index (χ4v) is 5.26. The minimum Gasteiger partial charge on any atom is -0.469 e. The normalized spacial score (nSPS) is 20.1. The molecule has 0 aromatic heterocycles. The van der Waals surface area contributed by atoms with Crippen molar-refractivity contribution in [1.29, 1.82) is 0 Å². The number of ether oxygens (including phenoxy) is 2. The quantitative estimate of drug-likeness (QED) is 0.126. The Hall–Kier alpha value is -2.30. The highest BCUT2D eigenvalue weighted by Crippen LogP contribution is 2.35. The minimum atomic E-state index is -0.488. The molecule has 0 aromatic rings. The first-order chi connectivity index (χ1) is 17.0. The summed E-state index contributed by atoms with van der Waals surface area (Å²) in [5, 5.41) is 10.5. The van der Waals surface area contributed by atoms with Crippen LogP contribution in [0.3, 0.4) is 0 Å². The molecule has 0 spiro atoms. The standard InChI is InChI=1S/C28H38O6S/c1-33-26(30)15-7-4-3-6-14-23-22(17-18-24(29)21-12-9-10-13-21)20-25(28(23)32)35-19-11-5-8-16-27(31)34-2/h14,17-18,20-22,24,29H,4-5,7-13,15-16,19H2,1-2H3/b18-17+,23-14-. The number of hydrogen-bond donors (Lipinski definition) is 1. The van der Waals surface area contributed by atoms with Crippen LogP contribution >= 0.6 is 11.8 Å². The van der Waals surface area contributed by atoms with Crippen LogP contribution in [0.25, 0.3) is 0 Å². The number of carbonyl (C=O) groups is 3. The topological polar surface area (TPSA) is 89.9 Å². The SMILES string of the molecule is COC(=O)CCCC#C/C=C1\C(=O)C(SCCCCCC(=O)OC)=CC1/C=C/C(O)C1CCCC1. The van der Waals surface area contributed by atoms with E-state index in [-0.39, 0.29) is 23.6 Å². The number of methoxy groups -OCH3 is 2. The van der Waals surface area contributed by atoms with Crippen molar-refractivity contribution in [3.63, 3.8) is 0 Å². The molecule has 2 atom stereocenters. The van der Waals surface area contributed by atoms with E-state index in [1.807, 2.05) is 18.2 Å². The van der Waals surface area contributed by atoms with E-state index in [4.69, 9.17) is 0 Å². The highest BCUT2D eigenvalue weighted by molar-refractivity contribution is 8.04. The predicted molar refractivity (Wildman–Crippen MR) is 138 cm³/mol. The van der Waals surface area contributed by atoms with Crippen LogP contribution in [-0.2, 0) is 23.9 Å². The molecule has 0 bridgehead atoms. The van der Waals surface area contributed by atoms with Gasteiger partial charge >= 0.3 is 11.9 Å². The summed E-state index contributed by atoms with van der Waals surface area (Å²) in [4.78, 5) is 36.2. The molecule has 6 nitrogen and oxygen atoms in total. The molecule has 0 heterocycles. The van der Waals surface area contributed by atoms with Crippen LogP contribution in [0.4, 0.5) is 0 Å². The molecule has 2 unspecified atom stereocenters. The summed E-state index contributed by atoms with van der Waals surface area (Å²) < 4.78 is 9.29. The van der Waals surface area contributed by atoms with Crippen LogP contribution in [-0.4, -0.2) is 48.9 Å². The molecule has 2 rings (SSSR count). The lowest BCUT2D eigenvalue weighted by Crippen LogP contribution is -2.14. The predicted octanol–water partition coefficient (Wildman–Crippen LogP) is 4.92. The second-order valence-electron chi connectivity index (χ2n) is 8.89. The molecule has 7 heteroatoms. The zero-order chi connectivity index (χ0) is 25.5. The Labute approximate surface area is 213 Å². The summed E-state index contributed by atoms with van der Waals surface area (Å²) in [6.45, 7) is 0. The molecular weight excluding hydrogens is 464 g/mol. The van der Waals surface area contributed by atoms with Crippen LogP contribution in [0, 0.1) is 23.7 Å². The smallest absolute Gasteiger partial charge is 0.305 e. The van der Waals surface area contributed by atoms with Gasteiger partial charge in [0.15, 0.2) is 5.78 Å². The Morgan fingerprint density at radius 3 is 2.49 bits per heavy atom. The van der Waals surface area contributed by atoms with Gasteiger partial charge in [0.05, 0.1) is 25.2 Å². The van der Waals surface area contributed by atoms with Gasteiger partial charge in [-0.2, -0.15) is 0 Å². The minimum absolute atomic E-state index is 0.0153. The first-order valence-corrected chi connectivity index (χ1v) is 13.5. The molecule has 0 aromatic carbocycles. The highest BCUT2D eigenvalue weighted by Gasteiger charge is 2.29. The fraction of sp³-hybridized carbons (Fsp3) is 0.607. The summed E-state index contributed by atoms with van der Waals surface area (Å²) in [7, 11) is 2.76. The van der Waals surface area contributed by atoms with Crippen molar-refractivity contribution in [1.82, 2.24) is 0 Å². The van der Waals surface area contributed by atoms with Gasteiger partial charge in [-0.05, 0) is 49.9 Å². The Kier molecular flexibility index (Phi) is 13.5. The molecule has 1 fully saturated rings. The summed E-state index contributed by atoms with van der Waals surface area (Å²) >= 11 is 1.54. The van der Waals surface area contributed by atoms with Crippen molar-refractivity contribution in [2.75, 3.05) is 20.0 Å². The van der Waals surface area contributed by atoms with Crippen molar-refractivity contribution in [2.45, 2.75) is 76.7 Å². The third kappa shape index (κ3) is 10.5. The van der Waals surface area contributed by atoms with Gasteiger partial charge in [-0.25, -0.2) is 0 Å². The molecule has 35 heavy (non-hydrogen) atoms. The molecule has 2 aliphatic rings. The van der Waals surface area contributed by atoms with E-state index in [1.165, 1.54) is 26.0 Å². The number of thioether (sulfide) groups is 1. The monoisotopic (exact) mass is 502 g/mol. The highest BCUT2D eigenvalue weighted by atomic mass is 32.2. The summed E-state index contributed by atoms with van der Waals surface area (Å²) in [5.41, 5.74) is 0.619. The second-order valence-corrected chi connectivity index (χ2v) is 10.0. The van der Waals surface area contributed by atoms with Gasteiger partial charge < -0.3 is 14.6 Å². The van der Waals surface area contributed by atoms with Gasteiger partial charge in [0.1, 0.15) is 0 Å². The fourth-order valence-electron chi connectivity index (χ4n) is 4.20. The van der Waals surface area contributed by atoms with Crippen LogP contribution in [0.1, 0.15) is 70.6 Å². The molecule has 1 N–H and O–H groups in total. The molecule has 0 aliphatic heterocycles. The van der Waals surface area contributed by atoms with E-state index in [0.29, 0.717) is 42.1 Å². The lowest BCUT2D eigenvalue weighted by Gasteiger charge is -2.14. The maximum absolute atomic E-state index is 13.1. The van der Waals surface area contributed by atoms with E-state index in [2.05, 4.69) is 21.3 Å². The molecule has 2 aliphatic carbocycles. The van der Waals surface area contributed by atoms with Crippen molar-refractivity contribution < 1.29 is 29.0 Å². The first kappa shape index (κ1) is 28.9. The number of hydrogen-bond acceptors (Lipinski definition) is 7. The van der Waals surface area contributed by atoms with Gasteiger partial charge in [-0.1, -0.05) is 49.3 Å². The number of ketones is 1. The summed E-state index contributed by atoms with van der Waals surface area (Å²) in [5.74, 6) is 6.42. The van der Waals surface area contributed by atoms with Crippen LogP contribution in [0.2, 0.25) is 0 Å². The number of allylic oxidation sites excluding steroid dienone is 5. The molecule has 192 valence electrons. The molecule has 0 saturated heterocycles. The number of rotatable bonds is 13. The average molecular weight is 503 g/mol. The van der Waals surface area contributed by atoms with Crippen molar-refractivity contribution in [3.8, 4) is 11.8 Å². The van der Waals surface area contributed by atoms with Gasteiger partial charge in [-0.15, -0.1) is 11.8 Å². The largest absolute Gasteiger partial charge is 0.469 e. The van der Waals surface area contributed by atoms with Gasteiger partial charge in [0, 0.05) is 30.8 Å². The summed E-state index contributed by atoms with van der Waals surface area (Å²) in [6, 6.07) is 0. The lowest BCUT2D eigenvalue weighted by molar-refractivity contribution is -0.141. The number of esters is 2. The van der Waals surface area contributed by atoms with Crippen molar-refractivity contribution in [3.05, 3.63) is 34.8 Å². The van der Waals surface area contributed by atoms with E-state index in [9.17, 15) is 19.5 Å². The zero-order valence-electron chi connectivity index (χ0n) is 20.9. The zero-order valence-corrected chi connectivity index (χ0v) is 21.7. The van der Waals surface area contributed by atoms with E-state index >= 15 is 0 Å². The maximum atomic E-state index is 13.1. The lowest BCUT2D eigenvalue weighted by atomic mass is 9.96. The second kappa shape index (κ2) is 16.4. The molecule has 1 saturated carbocycles. The number of unbranched alkanes of at least 4 members (excludes halogenated alkanes) is 3. The van der Waals surface area contributed by atoms with Gasteiger partial charge in [0.25, 0.3) is 0 Å². The third-order valence-electron chi connectivity index (χ3n) is 6.33. The third-order valence-corrected chi connectivity index (χ3v) is 7.45. The Bertz CT molecular complexity index is 870. The number of aliphatic hydroxyl groups is 1. The molecular formula is C28H38O6S. The van der Waals surface area contributed by atoms with Gasteiger partial charge in [-0.3, -0.25) is 14.4 Å². The van der Waals surface area contributed by atoms with Crippen molar-refractivity contribution >= 4 is 29.5 Å². The van der Waals surface area contributed by atoms with E-state index < -0.39 is 6.10 Å². The number of carbonyl (C=O) groups excluding carboxylic acids is 3. The van der Waals surface area contributed by atoms with Crippen molar-refractivity contribution in [2.24, 2.45) is 11.8 Å². The van der Waals surface area contributed by atoms with E-state index in [1.54, 1.807) is 6.08 Å². The first-order valence-electron chi connectivity index (χ1n) is 12.5. The van der Waals surface area contributed by atoms with E-state index in [0.717, 1.165) is 50.7 Å². The van der Waals surface area contributed by atoms with Gasteiger partial charge in [0.2, 0.25) is 0 Å². The number of aliphatic hydroxyl groups excluding tert-OH is 1. The molecule has 0 amide bonds.